The fraction of sp³-hybridized carbons (Fsp3) is 0.792. The molecule has 2 fully saturated rings. The molecule has 2 heteroatoms. The first-order valence-corrected chi connectivity index (χ1v) is 11.1. The van der Waals surface area contributed by atoms with Crippen LogP contribution in [-0.2, 0) is 4.74 Å². The lowest BCUT2D eigenvalue weighted by molar-refractivity contribution is -0.0102. The first kappa shape index (κ1) is 21.2. The highest BCUT2D eigenvalue weighted by Crippen LogP contribution is 2.34. The van der Waals surface area contributed by atoms with Gasteiger partial charge in [-0.2, -0.15) is 5.26 Å². The van der Waals surface area contributed by atoms with Gasteiger partial charge >= 0.3 is 0 Å². The maximum Gasteiger partial charge on any atom is 0.0912 e. The van der Waals surface area contributed by atoms with Gasteiger partial charge in [0, 0.05) is 12.7 Å². The van der Waals surface area contributed by atoms with Crippen LogP contribution in [0.25, 0.3) is 0 Å². The minimum atomic E-state index is 0.526. The van der Waals surface area contributed by atoms with Crippen molar-refractivity contribution in [2.75, 3.05) is 6.61 Å². The van der Waals surface area contributed by atoms with Crippen molar-refractivity contribution in [3.05, 3.63) is 24.3 Å². The summed E-state index contributed by atoms with van der Waals surface area (Å²) < 4.78 is 6.30. The Morgan fingerprint density at radius 3 is 2.23 bits per heavy atom. The second-order valence-electron chi connectivity index (χ2n) is 8.50. The van der Waals surface area contributed by atoms with E-state index in [1.165, 1.54) is 83.1 Å². The molecule has 146 valence electrons. The summed E-state index contributed by atoms with van der Waals surface area (Å²) in [6, 6.07) is 2.01. The molecule has 2 aliphatic carbocycles. The average molecular weight is 358 g/mol. The van der Waals surface area contributed by atoms with Gasteiger partial charge < -0.3 is 4.74 Å². The molecule has 2 rings (SSSR count). The Labute approximate surface area is 161 Å². The number of nitrogens with zero attached hydrogens (tertiary/aromatic N) is 1. The van der Waals surface area contributed by atoms with Crippen LogP contribution in [0.4, 0.5) is 0 Å². The van der Waals surface area contributed by atoms with Gasteiger partial charge in [-0.25, -0.2) is 0 Å². The Hall–Kier alpha value is -1.07. The molecule has 0 heterocycles. The summed E-state index contributed by atoms with van der Waals surface area (Å²) in [5.41, 5.74) is 0. The van der Waals surface area contributed by atoms with Crippen molar-refractivity contribution >= 4 is 0 Å². The van der Waals surface area contributed by atoms with Crippen LogP contribution >= 0.6 is 0 Å². The van der Waals surface area contributed by atoms with Gasteiger partial charge in [-0.3, -0.25) is 0 Å². The number of hydrogen-bond donors (Lipinski definition) is 0. The molecular weight excluding hydrogens is 318 g/mol. The zero-order valence-corrected chi connectivity index (χ0v) is 16.9. The van der Waals surface area contributed by atoms with Crippen molar-refractivity contribution in [2.45, 2.75) is 96.5 Å². The quantitative estimate of drug-likeness (QED) is 0.312. The summed E-state index contributed by atoms with van der Waals surface area (Å²) in [6.07, 6.45) is 25.6. The number of hydrogen-bond acceptors (Lipinski definition) is 2. The minimum Gasteiger partial charge on any atom is -0.378 e. The van der Waals surface area contributed by atoms with E-state index in [9.17, 15) is 0 Å². The maximum atomic E-state index is 8.44. The number of unbranched alkanes of at least 4 members (excludes halogenated alkanes) is 1. The smallest absolute Gasteiger partial charge is 0.0912 e. The Kier molecular flexibility index (Phi) is 10.7. The normalized spacial score (nSPS) is 30.0. The van der Waals surface area contributed by atoms with E-state index in [1.54, 1.807) is 0 Å². The number of ether oxygens (including phenoxy) is 1. The Morgan fingerprint density at radius 2 is 1.54 bits per heavy atom. The zero-order valence-electron chi connectivity index (χ0n) is 16.9. The molecule has 2 aliphatic rings. The van der Waals surface area contributed by atoms with Crippen LogP contribution in [0.3, 0.4) is 0 Å². The molecule has 2 nitrogen and oxygen atoms in total. The third kappa shape index (κ3) is 8.54. The van der Waals surface area contributed by atoms with Gasteiger partial charge in [0.1, 0.15) is 0 Å². The molecule has 0 atom stereocenters. The van der Waals surface area contributed by atoms with Crippen molar-refractivity contribution in [2.24, 2.45) is 17.8 Å². The highest BCUT2D eigenvalue weighted by Gasteiger charge is 2.24. The van der Waals surface area contributed by atoms with E-state index < -0.39 is 0 Å². The Bertz CT molecular complexity index is 445. The van der Waals surface area contributed by atoms with Crippen LogP contribution in [0.1, 0.15) is 90.4 Å². The third-order valence-electron chi connectivity index (χ3n) is 6.45. The first-order valence-electron chi connectivity index (χ1n) is 11.1. The van der Waals surface area contributed by atoms with Crippen LogP contribution < -0.4 is 0 Å². The topological polar surface area (TPSA) is 33.0 Å². The minimum absolute atomic E-state index is 0.526. The van der Waals surface area contributed by atoms with Gasteiger partial charge in [-0.05, 0) is 69.1 Å². The lowest BCUT2D eigenvalue weighted by Crippen LogP contribution is -2.26. The summed E-state index contributed by atoms with van der Waals surface area (Å²) in [6.45, 7) is 3.32. The van der Waals surface area contributed by atoms with Crippen LogP contribution in [0.2, 0.25) is 0 Å². The maximum absolute atomic E-state index is 8.44. The van der Waals surface area contributed by atoms with Crippen LogP contribution in [0.15, 0.2) is 24.3 Å². The van der Waals surface area contributed by atoms with Crippen molar-refractivity contribution in [1.82, 2.24) is 0 Å². The van der Waals surface area contributed by atoms with Crippen LogP contribution in [0.5, 0.6) is 0 Å². The van der Waals surface area contributed by atoms with Crippen LogP contribution in [0, 0.1) is 29.1 Å². The molecular formula is C24H39NO. The summed E-state index contributed by atoms with van der Waals surface area (Å²) in [4.78, 5) is 0. The van der Waals surface area contributed by atoms with E-state index in [1.807, 2.05) is 18.2 Å². The van der Waals surface area contributed by atoms with Crippen molar-refractivity contribution in [1.29, 1.82) is 5.26 Å². The molecule has 2 saturated carbocycles. The predicted octanol–water partition coefficient (Wildman–Crippen LogP) is 6.97. The molecule has 0 N–H and O–H groups in total. The van der Waals surface area contributed by atoms with E-state index in [0.29, 0.717) is 6.10 Å². The van der Waals surface area contributed by atoms with Crippen LogP contribution in [-0.4, -0.2) is 12.7 Å². The second-order valence-corrected chi connectivity index (χ2v) is 8.50. The molecule has 0 aromatic heterocycles. The highest BCUT2D eigenvalue weighted by atomic mass is 16.5. The second kappa shape index (κ2) is 13.2. The summed E-state index contributed by atoms with van der Waals surface area (Å²) >= 11 is 0. The average Bonchev–Trinajstić information content (AvgIpc) is 2.69. The Balaban J connectivity index is 1.51. The molecule has 0 saturated heterocycles. The molecule has 0 bridgehead atoms. The molecule has 0 radical (unpaired) electrons. The van der Waals surface area contributed by atoms with Gasteiger partial charge in [0.25, 0.3) is 0 Å². The lowest BCUT2D eigenvalue weighted by atomic mass is 9.80. The standard InChI is InChI=1S/C24H39NO/c1-2-3-9-21-11-13-23(14-12-21)20-26-24-17-15-22(16-18-24)10-7-5-4-6-8-19-25/h4-6,8,21-24H,2-3,7,9-18,20H2,1H3/b5-4+,8-6+. The van der Waals surface area contributed by atoms with E-state index >= 15 is 0 Å². The fourth-order valence-corrected chi connectivity index (χ4v) is 4.64. The van der Waals surface area contributed by atoms with Crippen molar-refractivity contribution in [3.8, 4) is 6.07 Å². The fourth-order valence-electron chi connectivity index (χ4n) is 4.64. The SMILES string of the molecule is CCCCC1CCC(COC2CCC(CC/C=C/C=C/C#N)CC2)CC1. The highest BCUT2D eigenvalue weighted by molar-refractivity contribution is 5.11. The first-order chi connectivity index (χ1) is 12.8. The largest absolute Gasteiger partial charge is 0.378 e. The van der Waals surface area contributed by atoms with E-state index in [-0.39, 0.29) is 0 Å². The zero-order chi connectivity index (χ0) is 18.5. The monoisotopic (exact) mass is 357 g/mol. The third-order valence-corrected chi connectivity index (χ3v) is 6.45. The van der Waals surface area contributed by atoms with E-state index in [2.05, 4.69) is 13.0 Å². The van der Waals surface area contributed by atoms with Crippen molar-refractivity contribution < 1.29 is 4.74 Å². The summed E-state index contributed by atoms with van der Waals surface area (Å²) in [5.74, 6) is 2.71. The molecule has 0 unspecified atom stereocenters. The molecule has 0 spiro atoms. The van der Waals surface area contributed by atoms with Gasteiger partial charge in [-0.1, -0.05) is 57.3 Å². The number of allylic oxidation sites excluding steroid dienone is 4. The van der Waals surface area contributed by atoms with E-state index in [4.69, 9.17) is 10.00 Å². The summed E-state index contributed by atoms with van der Waals surface area (Å²) in [7, 11) is 0. The van der Waals surface area contributed by atoms with Gasteiger partial charge in [0.2, 0.25) is 0 Å². The predicted molar refractivity (Wildman–Crippen MR) is 110 cm³/mol. The van der Waals surface area contributed by atoms with Gasteiger partial charge in [-0.15, -0.1) is 0 Å². The number of nitriles is 1. The molecule has 0 amide bonds. The van der Waals surface area contributed by atoms with Gasteiger partial charge in [0.15, 0.2) is 0 Å². The van der Waals surface area contributed by atoms with Crippen molar-refractivity contribution in [3.63, 3.8) is 0 Å². The molecule has 0 aromatic rings. The lowest BCUT2D eigenvalue weighted by Gasteiger charge is -2.32. The molecule has 0 aliphatic heterocycles. The number of rotatable bonds is 10. The Morgan fingerprint density at radius 1 is 0.885 bits per heavy atom. The van der Waals surface area contributed by atoms with E-state index in [0.717, 1.165) is 30.8 Å². The molecule has 0 aromatic carbocycles. The summed E-state index contributed by atoms with van der Waals surface area (Å²) in [5, 5.41) is 8.44. The molecule has 26 heavy (non-hydrogen) atoms. The van der Waals surface area contributed by atoms with Gasteiger partial charge in [0.05, 0.1) is 12.2 Å².